The van der Waals surface area contributed by atoms with Crippen molar-refractivity contribution in [1.29, 1.82) is 0 Å². The van der Waals surface area contributed by atoms with E-state index < -0.39 is 0 Å². The molecule has 0 saturated carbocycles. The minimum Gasteiger partial charge on any atom is -0.287 e. The molecule has 0 radical (unpaired) electrons. The van der Waals surface area contributed by atoms with E-state index >= 15 is 0 Å². The van der Waals surface area contributed by atoms with Crippen molar-refractivity contribution in [3.8, 4) is 0 Å². The average Bonchev–Trinajstić information content (AvgIpc) is 2.75. The fourth-order valence-corrected chi connectivity index (χ4v) is 2.77. The maximum Gasteiger partial charge on any atom is 0.0845 e. The number of hydrogen-bond acceptors (Lipinski definition) is 5. The van der Waals surface area contributed by atoms with Crippen LogP contribution in [-0.2, 0) is 12.8 Å². The van der Waals surface area contributed by atoms with E-state index in [1.807, 2.05) is 80.8 Å². The van der Waals surface area contributed by atoms with Gasteiger partial charge in [0.25, 0.3) is 0 Å². The molecule has 0 bridgehead atoms. The van der Waals surface area contributed by atoms with Gasteiger partial charge in [-0.1, -0.05) is 18.2 Å². The summed E-state index contributed by atoms with van der Waals surface area (Å²) < 4.78 is 0. The zero-order valence-electron chi connectivity index (χ0n) is 16.4. The van der Waals surface area contributed by atoms with Crippen LogP contribution in [0.25, 0.3) is 0 Å². The molecule has 0 aromatic carbocycles. The van der Waals surface area contributed by atoms with Crippen LogP contribution in [-0.4, -0.2) is 39.5 Å². The van der Waals surface area contributed by atoms with E-state index in [-0.39, 0.29) is 0 Å². The second kappa shape index (κ2) is 10.2. The van der Waals surface area contributed by atoms with Crippen molar-refractivity contribution in [3.63, 3.8) is 0 Å². The highest BCUT2D eigenvalue weighted by atomic mass is 14.8. The maximum absolute atomic E-state index is 4.73. The minimum absolute atomic E-state index is 0.700. The number of rotatable bonds is 8. The van der Waals surface area contributed by atoms with Crippen molar-refractivity contribution < 1.29 is 0 Å². The monoisotopic (exact) mass is 371 g/mol. The average molecular weight is 371 g/mol. The Morgan fingerprint density at radius 1 is 0.679 bits per heavy atom. The molecule has 0 amide bonds. The van der Waals surface area contributed by atoms with Gasteiger partial charge in [-0.3, -0.25) is 20.0 Å². The molecule has 0 fully saturated rings. The molecule has 28 heavy (non-hydrogen) atoms. The summed E-state index contributed by atoms with van der Waals surface area (Å²) in [5, 5.41) is 0. The molecule has 5 heteroatoms. The van der Waals surface area contributed by atoms with Crippen LogP contribution in [0.15, 0.2) is 77.0 Å². The molecule has 3 rings (SSSR count). The normalized spacial score (nSPS) is 12.2. The highest BCUT2D eigenvalue weighted by Crippen LogP contribution is 2.05. The van der Waals surface area contributed by atoms with E-state index in [4.69, 9.17) is 4.98 Å². The number of pyridine rings is 3. The first kappa shape index (κ1) is 19.5. The van der Waals surface area contributed by atoms with Crippen molar-refractivity contribution in [3.05, 3.63) is 89.8 Å². The lowest BCUT2D eigenvalue weighted by atomic mass is 10.2. The first-order chi connectivity index (χ1) is 13.7. The SMILES string of the molecule is CC(=NCCc1ccccn1)c1cccc(C(C)=NCCc2ccccn2)n1. The van der Waals surface area contributed by atoms with Gasteiger partial charge in [0, 0.05) is 49.7 Å². The number of hydrogen-bond donors (Lipinski definition) is 0. The number of aliphatic imine (C=N–C) groups is 2. The van der Waals surface area contributed by atoms with Gasteiger partial charge in [-0.2, -0.15) is 0 Å². The van der Waals surface area contributed by atoms with Gasteiger partial charge >= 0.3 is 0 Å². The molecule has 3 aromatic rings. The molecule has 0 aliphatic rings. The third-order valence-corrected chi connectivity index (χ3v) is 4.38. The minimum atomic E-state index is 0.700. The van der Waals surface area contributed by atoms with Crippen LogP contribution < -0.4 is 0 Å². The fraction of sp³-hybridized carbons (Fsp3) is 0.261. The summed E-state index contributed by atoms with van der Waals surface area (Å²) in [5.41, 5.74) is 5.74. The quantitative estimate of drug-likeness (QED) is 0.563. The van der Waals surface area contributed by atoms with Crippen LogP contribution in [0.2, 0.25) is 0 Å². The van der Waals surface area contributed by atoms with E-state index in [0.29, 0.717) is 13.1 Å². The van der Waals surface area contributed by atoms with E-state index in [1.54, 1.807) is 0 Å². The highest BCUT2D eigenvalue weighted by Gasteiger charge is 2.04. The van der Waals surface area contributed by atoms with E-state index in [2.05, 4.69) is 20.0 Å². The topological polar surface area (TPSA) is 63.4 Å². The Morgan fingerprint density at radius 2 is 1.18 bits per heavy atom. The highest BCUT2D eigenvalue weighted by molar-refractivity contribution is 6.00. The second-order valence-corrected chi connectivity index (χ2v) is 6.48. The molecule has 3 aromatic heterocycles. The van der Waals surface area contributed by atoms with Gasteiger partial charge in [-0.15, -0.1) is 0 Å². The predicted molar refractivity (Wildman–Crippen MR) is 114 cm³/mol. The maximum atomic E-state index is 4.73. The Morgan fingerprint density at radius 3 is 1.61 bits per heavy atom. The van der Waals surface area contributed by atoms with Gasteiger partial charge < -0.3 is 0 Å². The lowest BCUT2D eigenvalue weighted by molar-refractivity contribution is 0.920. The van der Waals surface area contributed by atoms with E-state index in [1.165, 1.54) is 0 Å². The molecule has 0 unspecified atom stereocenters. The molecule has 0 aliphatic heterocycles. The van der Waals surface area contributed by atoms with Gasteiger partial charge in [0.1, 0.15) is 0 Å². The predicted octanol–water partition coefficient (Wildman–Crippen LogP) is 3.98. The van der Waals surface area contributed by atoms with Gasteiger partial charge in [-0.25, -0.2) is 4.98 Å². The Hall–Kier alpha value is -3.21. The van der Waals surface area contributed by atoms with Crippen LogP contribution in [0.1, 0.15) is 36.6 Å². The van der Waals surface area contributed by atoms with Gasteiger partial charge in [-0.05, 0) is 50.2 Å². The third-order valence-electron chi connectivity index (χ3n) is 4.38. The molecular formula is C23H25N5. The van der Waals surface area contributed by atoms with Gasteiger partial charge in [0.15, 0.2) is 0 Å². The summed E-state index contributed by atoms with van der Waals surface area (Å²) in [6.45, 7) is 5.40. The molecule has 0 aliphatic carbocycles. The molecule has 0 saturated heterocycles. The summed E-state index contributed by atoms with van der Waals surface area (Å²) in [6, 6.07) is 17.9. The third kappa shape index (κ3) is 5.91. The van der Waals surface area contributed by atoms with Gasteiger partial charge in [0.05, 0.1) is 22.8 Å². The lowest BCUT2D eigenvalue weighted by Crippen LogP contribution is -2.07. The van der Waals surface area contributed by atoms with Crippen LogP contribution in [0, 0.1) is 0 Å². The first-order valence-electron chi connectivity index (χ1n) is 9.52. The molecular weight excluding hydrogens is 346 g/mol. The van der Waals surface area contributed by atoms with Crippen molar-refractivity contribution in [2.24, 2.45) is 9.98 Å². The van der Waals surface area contributed by atoms with Crippen molar-refractivity contribution >= 4 is 11.4 Å². The number of aromatic nitrogens is 3. The Labute approximate surface area is 166 Å². The Bertz CT molecular complexity index is 859. The second-order valence-electron chi connectivity index (χ2n) is 6.48. The van der Waals surface area contributed by atoms with Crippen molar-refractivity contribution in [1.82, 2.24) is 15.0 Å². The van der Waals surface area contributed by atoms with Crippen LogP contribution in [0.3, 0.4) is 0 Å². The van der Waals surface area contributed by atoms with Crippen LogP contribution >= 0.6 is 0 Å². The standard InChI is InChI=1S/C23H25N5/c1-18(24-16-12-20-8-3-5-14-26-20)22-10-7-11-23(28-22)19(2)25-17-13-21-9-4-6-15-27-21/h3-11,14-15H,12-13,16-17H2,1-2H3. The molecule has 0 atom stereocenters. The summed E-state index contributed by atoms with van der Waals surface area (Å²) in [4.78, 5) is 22.7. The largest absolute Gasteiger partial charge is 0.287 e. The van der Waals surface area contributed by atoms with Crippen molar-refractivity contribution in [2.45, 2.75) is 26.7 Å². The smallest absolute Gasteiger partial charge is 0.0845 e. The lowest BCUT2D eigenvalue weighted by Gasteiger charge is -2.05. The van der Waals surface area contributed by atoms with Crippen LogP contribution in [0.5, 0.6) is 0 Å². The molecule has 5 nitrogen and oxygen atoms in total. The summed E-state index contributed by atoms with van der Waals surface area (Å²) >= 11 is 0. The zero-order chi connectivity index (χ0) is 19.6. The number of nitrogens with zero attached hydrogens (tertiary/aromatic N) is 5. The molecule has 142 valence electrons. The Kier molecular flexibility index (Phi) is 7.13. The van der Waals surface area contributed by atoms with Gasteiger partial charge in [0.2, 0.25) is 0 Å². The molecule has 0 spiro atoms. The van der Waals surface area contributed by atoms with Crippen molar-refractivity contribution in [2.75, 3.05) is 13.1 Å². The molecule has 0 N–H and O–H groups in total. The first-order valence-corrected chi connectivity index (χ1v) is 9.52. The Balaban J connectivity index is 1.60. The van der Waals surface area contributed by atoms with E-state index in [0.717, 1.165) is 47.0 Å². The van der Waals surface area contributed by atoms with Crippen LogP contribution in [0.4, 0.5) is 0 Å². The summed E-state index contributed by atoms with van der Waals surface area (Å²) in [6.07, 6.45) is 5.28. The zero-order valence-corrected chi connectivity index (χ0v) is 16.4. The summed E-state index contributed by atoms with van der Waals surface area (Å²) in [7, 11) is 0. The fourth-order valence-electron chi connectivity index (χ4n) is 2.77. The summed E-state index contributed by atoms with van der Waals surface area (Å²) in [5.74, 6) is 0. The molecule has 3 heterocycles. The van der Waals surface area contributed by atoms with E-state index in [9.17, 15) is 0 Å².